The van der Waals surface area contributed by atoms with Crippen LogP contribution >= 0.6 is 31.9 Å². The molecule has 19 heavy (non-hydrogen) atoms. The van der Waals surface area contributed by atoms with Crippen molar-refractivity contribution < 1.29 is 0 Å². The van der Waals surface area contributed by atoms with Crippen LogP contribution in [0, 0.1) is 5.92 Å². The lowest BCUT2D eigenvalue weighted by Gasteiger charge is -2.45. The number of halogens is 2. The van der Waals surface area contributed by atoms with Crippen LogP contribution in [0.5, 0.6) is 0 Å². The van der Waals surface area contributed by atoms with Crippen LogP contribution in [0.4, 0.5) is 5.69 Å². The molecule has 1 saturated heterocycles. The number of hydrogen-bond donors (Lipinski definition) is 0. The van der Waals surface area contributed by atoms with Gasteiger partial charge in [-0.1, -0.05) is 50.8 Å². The Morgan fingerprint density at radius 2 is 1.89 bits per heavy atom. The second kappa shape index (κ2) is 6.17. The lowest BCUT2D eigenvalue weighted by atomic mass is 9.78. The predicted molar refractivity (Wildman–Crippen MR) is 89.1 cm³/mol. The van der Waals surface area contributed by atoms with Crippen LogP contribution in [0.3, 0.4) is 0 Å². The van der Waals surface area contributed by atoms with E-state index >= 15 is 0 Å². The highest BCUT2D eigenvalue weighted by atomic mass is 79.9. The summed E-state index contributed by atoms with van der Waals surface area (Å²) < 4.78 is 1.24. The molecule has 104 valence electrons. The van der Waals surface area contributed by atoms with Crippen LogP contribution in [-0.2, 0) is 5.33 Å². The molecule has 0 radical (unpaired) electrons. The summed E-state index contributed by atoms with van der Waals surface area (Å²) >= 11 is 7.25. The van der Waals surface area contributed by atoms with Gasteiger partial charge in [0.05, 0.1) is 0 Å². The Morgan fingerprint density at radius 3 is 2.68 bits per heavy atom. The van der Waals surface area contributed by atoms with Gasteiger partial charge in [-0.3, -0.25) is 0 Å². The van der Waals surface area contributed by atoms with E-state index in [4.69, 9.17) is 0 Å². The number of fused-ring (bicyclic) bond motifs is 1. The number of hydrogen-bond acceptors (Lipinski definition) is 1. The molecular formula is C16H21Br2N. The summed E-state index contributed by atoms with van der Waals surface area (Å²) in [5.74, 6) is 0.942. The molecule has 0 spiro atoms. The van der Waals surface area contributed by atoms with Gasteiger partial charge in [0.1, 0.15) is 0 Å². The Balaban J connectivity index is 1.85. The third kappa shape index (κ3) is 2.87. The van der Waals surface area contributed by atoms with E-state index < -0.39 is 0 Å². The monoisotopic (exact) mass is 385 g/mol. The maximum Gasteiger partial charge on any atom is 0.0380 e. The van der Waals surface area contributed by atoms with Gasteiger partial charge < -0.3 is 4.90 Å². The SMILES string of the molecule is BrCc1ccc(N2CCCC3CCCCC32)cc1Br. The van der Waals surface area contributed by atoms with Crippen LogP contribution < -0.4 is 4.90 Å². The highest BCUT2D eigenvalue weighted by Crippen LogP contribution is 2.38. The topological polar surface area (TPSA) is 3.24 Å². The standard InChI is InChI=1S/C16H21Br2N/c17-11-13-7-8-14(10-15(13)18)19-9-3-5-12-4-1-2-6-16(12)19/h7-8,10,12,16H,1-6,9,11H2. The van der Waals surface area contributed by atoms with Crippen molar-refractivity contribution in [3.8, 4) is 0 Å². The Hall–Kier alpha value is -0.0200. The fraction of sp³-hybridized carbons (Fsp3) is 0.625. The van der Waals surface area contributed by atoms with E-state index in [0.29, 0.717) is 0 Å². The van der Waals surface area contributed by atoms with Gasteiger partial charge in [0, 0.05) is 28.1 Å². The molecule has 3 heteroatoms. The van der Waals surface area contributed by atoms with Crippen LogP contribution in [0.1, 0.15) is 44.1 Å². The van der Waals surface area contributed by atoms with Gasteiger partial charge in [-0.25, -0.2) is 0 Å². The molecule has 1 nitrogen and oxygen atoms in total. The zero-order chi connectivity index (χ0) is 13.2. The molecule has 3 rings (SSSR count). The molecule has 0 N–H and O–H groups in total. The molecule has 0 amide bonds. The average Bonchev–Trinajstić information content (AvgIpc) is 2.46. The highest BCUT2D eigenvalue weighted by Gasteiger charge is 2.33. The molecule has 2 aliphatic rings. The largest absolute Gasteiger partial charge is 0.368 e. The van der Waals surface area contributed by atoms with E-state index in [1.54, 1.807) is 0 Å². The van der Waals surface area contributed by atoms with Gasteiger partial charge in [0.15, 0.2) is 0 Å². The number of alkyl halides is 1. The quantitative estimate of drug-likeness (QED) is 0.606. The van der Waals surface area contributed by atoms with Crippen LogP contribution in [0.15, 0.2) is 22.7 Å². The Kier molecular flexibility index (Phi) is 4.53. The van der Waals surface area contributed by atoms with E-state index in [2.05, 4.69) is 55.0 Å². The zero-order valence-corrected chi connectivity index (χ0v) is 14.4. The lowest BCUT2D eigenvalue weighted by Crippen LogP contribution is -2.46. The first-order chi connectivity index (χ1) is 9.29. The fourth-order valence-electron chi connectivity index (χ4n) is 3.77. The number of benzene rings is 1. The van der Waals surface area contributed by atoms with E-state index in [1.165, 1.54) is 60.8 Å². The summed E-state index contributed by atoms with van der Waals surface area (Å²) in [6, 6.07) is 7.66. The zero-order valence-electron chi connectivity index (χ0n) is 11.2. The lowest BCUT2D eigenvalue weighted by molar-refractivity contribution is 0.244. The fourth-order valence-corrected chi connectivity index (χ4v) is 5.14. The Bertz CT molecular complexity index is 444. The first-order valence-electron chi connectivity index (χ1n) is 7.40. The molecular weight excluding hydrogens is 366 g/mol. The van der Waals surface area contributed by atoms with E-state index in [1.807, 2.05) is 0 Å². The number of rotatable bonds is 2. The summed E-state index contributed by atoms with van der Waals surface area (Å²) in [5, 5.41) is 0.917. The molecule has 1 saturated carbocycles. The first-order valence-corrected chi connectivity index (χ1v) is 9.32. The molecule has 1 aromatic carbocycles. The summed E-state index contributed by atoms with van der Waals surface area (Å²) in [4.78, 5) is 2.68. The van der Waals surface area contributed by atoms with E-state index in [0.717, 1.165) is 17.3 Å². The van der Waals surface area contributed by atoms with Crippen LogP contribution in [0.2, 0.25) is 0 Å². The van der Waals surface area contributed by atoms with E-state index in [-0.39, 0.29) is 0 Å². The second-order valence-corrected chi connectivity index (χ2v) is 7.27. The first kappa shape index (κ1) is 13.9. The number of nitrogens with zero attached hydrogens (tertiary/aromatic N) is 1. The summed E-state index contributed by atoms with van der Waals surface area (Å²) in [6.07, 6.45) is 8.50. The second-order valence-electron chi connectivity index (χ2n) is 5.86. The maximum atomic E-state index is 3.71. The van der Waals surface area contributed by atoms with Gasteiger partial charge in [0.2, 0.25) is 0 Å². The van der Waals surface area contributed by atoms with Gasteiger partial charge >= 0.3 is 0 Å². The molecule has 2 atom stereocenters. The van der Waals surface area contributed by atoms with Crippen molar-refractivity contribution in [2.45, 2.75) is 49.9 Å². The van der Waals surface area contributed by atoms with Crippen molar-refractivity contribution in [1.29, 1.82) is 0 Å². The Morgan fingerprint density at radius 1 is 1.11 bits per heavy atom. The molecule has 0 bridgehead atoms. The minimum atomic E-state index is 0.796. The summed E-state index contributed by atoms with van der Waals surface area (Å²) in [5.41, 5.74) is 2.74. The van der Waals surface area contributed by atoms with Crippen molar-refractivity contribution in [1.82, 2.24) is 0 Å². The molecule has 1 aliphatic heterocycles. The molecule has 1 aromatic rings. The normalized spacial score (nSPS) is 27.2. The average molecular weight is 387 g/mol. The van der Waals surface area contributed by atoms with Gasteiger partial charge in [-0.2, -0.15) is 0 Å². The molecule has 1 heterocycles. The van der Waals surface area contributed by atoms with Crippen molar-refractivity contribution in [2.75, 3.05) is 11.4 Å². The van der Waals surface area contributed by atoms with Crippen molar-refractivity contribution in [3.05, 3.63) is 28.2 Å². The van der Waals surface area contributed by atoms with Gasteiger partial charge in [0.25, 0.3) is 0 Å². The third-order valence-corrected chi connectivity index (χ3v) is 6.10. The number of piperidine rings is 1. The molecule has 2 fully saturated rings. The molecule has 0 aromatic heterocycles. The molecule has 1 aliphatic carbocycles. The number of anilines is 1. The highest BCUT2D eigenvalue weighted by molar-refractivity contribution is 9.10. The van der Waals surface area contributed by atoms with Crippen LogP contribution in [-0.4, -0.2) is 12.6 Å². The van der Waals surface area contributed by atoms with Gasteiger partial charge in [-0.05, 0) is 49.3 Å². The van der Waals surface area contributed by atoms with Crippen molar-refractivity contribution >= 4 is 37.5 Å². The molecule has 2 unspecified atom stereocenters. The van der Waals surface area contributed by atoms with Gasteiger partial charge in [-0.15, -0.1) is 0 Å². The minimum Gasteiger partial charge on any atom is -0.368 e. The Labute approximate surface area is 133 Å². The smallest absolute Gasteiger partial charge is 0.0380 e. The third-order valence-electron chi connectivity index (χ3n) is 4.76. The maximum absolute atomic E-state index is 3.71. The van der Waals surface area contributed by atoms with Crippen LogP contribution in [0.25, 0.3) is 0 Å². The van der Waals surface area contributed by atoms with Crippen molar-refractivity contribution in [3.63, 3.8) is 0 Å². The van der Waals surface area contributed by atoms with Crippen molar-refractivity contribution in [2.24, 2.45) is 5.92 Å². The minimum absolute atomic E-state index is 0.796. The van der Waals surface area contributed by atoms with E-state index in [9.17, 15) is 0 Å². The summed E-state index contributed by atoms with van der Waals surface area (Å²) in [7, 11) is 0. The predicted octanol–water partition coefficient (Wildman–Crippen LogP) is 5.50. The summed E-state index contributed by atoms with van der Waals surface area (Å²) in [6.45, 7) is 1.24.